The number of phosphoric acid groups is 2. The molecule has 3 N–H and O–H groups in total. The maximum absolute atomic E-state index is 13.1. The highest BCUT2D eigenvalue weighted by Crippen LogP contribution is 2.45. The van der Waals surface area contributed by atoms with Crippen LogP contribution in [0.5, 0.6) is 0 Å². The molecular weight excluding hydrogens is 1260 g/mol. The maximum atomic E-state index is 13.1. The molecule has 5 unspecified atom stereocenters. The average molecular weight is 1400 g/mol. The van der Waals surface area contributed by atoms with Crippen LogP contribution in [0.2, 0.25) is 0 Å². The fourth-order valence-corrected chi connectivity index (χ4v) is 11.7. The van der Waals surface area contributed by atoms with Gasteiger partial charge in [-0.05, 0) is 96.3 Å². The molecule has 0 spiro atoms. The van der Waals surface area contributed by atoms with Crippen LogP contribution in [-0.2, 0) is 65.4 Å². The summed E-state index contributed by atoms with van der Waals surface area (Å²) < 4.78 is 68.4. The molecule has 0 aliphatic heterocycles. The molecule has 0 rings (SSSR count). The number of aliphatic hydroxyl groups excluding tert-OH is 1. The summed E-state index contributed by atoms with van der Waals surface area (Å²) >= 11 is 0. The monoisotopic (exact) mass is 1390 g/mol. The summed E-state index contributed by atoms with van der Waals surface area (Å²) in [7, 11) is -9.94. The van der Waals surface area contributed by atoms with Crippen molar-refractivity contribution < 1.29 is 80.2 Å². The SMILES string of the molecule is CC/C=C\C/C=C\C/C=C\C/C=C\CCCCC(=O)OCC(COP(=O)(O)OCC(O)COP(=O)(O)OCC(COC(=O)CCCCCCCCC/C=C\C/C=C\C/C=C\CC)OC(=O)CCCCCCCCCCCCC)OC(=O)CCCCCCCCCCCCCCC. The van der Waals surface area contributed by atoms with Gasteiger partial charge in [-0.2, -0.15) is 0 Å². The van der Waals surface area contributed by atoms with Crippen LogP contribution in [0.15, 0.2) is 85.1 Å². The van der Waals surface area contributed by atoms with Crippen LogP contribution in [0.4, 0.5) is 0 Å². The normalized spacial score (nSPS) is 14.4. The van der Waals surface area contributed by atoms with Crippen LogP contribution in [0.3, 0.4) is 0 Å². The third-order valence-corrected chi connectivity index (χ3v) is 17.8. The Morgan fingerprint density at radius 3 is 0.854 bits per heavy atom. The number of carbonyl (C=O) groups is 4. The number of ether oxygens (including phenoxy) is 4. The summed E-state index contributed by atoms with van der Waals surface area (Å²) in [6, 6.07) is 0. The molecule has 17 nitrogen and oxygen atoms in total. The number of esters is 4. The number of rotatable bonds is 71. The minimum absolute atomic E-state index is 0.0902. The molecule has 0 fully saturated rings. The number of allylic oxidation sites excluding steroid dienone is 14. The fourth-order valence-electron chi connectivity index (χ4n) is 10.2. The quantitative estimate of drug-likeness (QED) is 0.0169. The summed E-state index contributed by atoms with van der Waals surface area (Å²) in [4.78, 5) is 72.7. The molecule has 0 aliphatic rings. The second-order valence-corrected chi connectivity index (χ2v) is 28.1. The highest BCUT2D eigenvalue weighted by Gasteiger charge is 2.30. The summed E-state index contributed by atoms with van der Waals surface area (Å²) in [6.07, 6.45) is 70.1. The van der Waals surface area contributed by atoms with E-state index in [1.165, 1.54) is 89.9 Å². The molecule has 0 aromatic carbocycles. The van der Waals surface area contributed by atoms with E-state index in [1.807, 2.05) is 0 Å². The topological polar surface area (TPSA) is 237 Å². The van der Waals surface area contributed by atoms with Gasteiger partial charge in [-0.15, -0.1) is 0 Å². The van der Waals surface area contributed by atoms with Crippen molar-refractivity contribution in [2.45, 2.75) is 341 Å². The Kier molecular flexibility index (Phi) is 67.0. The first-order chi connectivity index (χ1) is 46.7. The average Bonchev–Trinajstić information content (AvgIpc) is 1.84. The minimum atomic E-state index is -4.97. The summed E-state index contributed by atoms with van der Waals surface area (Å²) in [6.45, 7) is 4.61. The van der Waals surface area contributed by atoms with E-state index in [4.69, 9.17) is 37.0 Å². The van der Waals surface area contributed by atoms with Gasteiger partial charge in [-0.3, -0.25) is 37.3 Å². The Balaban J connectivity index is 5.32. The number of hydrogen-bond acceptors (Lipinski definition) is 15. The highest BCUT2D eigenvalue weighted by atomic mass is 31.2. The van der Waals surface area contributed by atoms with Crippen LogP contribution in [0, 0.1) is 0 Å². The van der Waals surface area contributed by atoms with Crippen molar-refractivity contribution in [2.75, 3.05) is 39.6 Å². The van der Waals surface area contributed by atoms with E-state index >= 15 is 0 Å². The summed E-state index contributed by atoms with van der Waals surface area (Å²) in [5.41, 5.74) is 0. The van der Waals surface area contributed by atoms with Crippen LogP contribution in [-0.4, -0.2) is 96.7 Å². The van der Waals surface area contributed by atoms with Gasteiger partial charge in [0.2, 0.25) is 0 Å². The van der Waals surface area contributed by atoms with Crippen LogP contribution in [0.1, 0.15) is 323 Å². The van der Waals surface area contributed by atoms with Crippen molar-refractivity contribution in [3.05, 3.63) is 85.1 Å². The first-order valence-corrected chi connectivity index (χ1v) is 40.8. The van der Waals surface area contributed by atoms with Gasteiger partial charge in [0.05, 0.1) is 26.4 Å². The maximum Gasteiger partial charge on any atom is 0.472 e. The number of unbranched alkanes of at least 4 members (excludes halogenated alkanes) is 31. The van der Waals surface area contributed by atoms with E-state index in [9.17, 15) is 43.2 Å². The number of aliphatic hydroxyl groups is 1. The van der Waals surface area contributed by atoms with Crippen molar-refractivity contribution in [2.24, 2.45) is 0 Å². The Morgan fingerprint density at radius 1 is 0.302 bits per heavy atom. The van der Waals surface area contributed by atoms with E-state index in [0.717, 1.165) is 154 Å². The summed E-state index contributed by atoms with van der Waals surface area (Å²) in [5, 5.41) is 10.6. The van der Waals surface area contributed by atoms with Crippen LogP contribution >= 0.6 is 15.6 Å². The Labute approximate surface area is 583 Å². The molecular formula is C77H136O17P2. The van der Waals surface area contributed by atoms with Crippen molar-refractivity contribution in [1.29, 1.82) is 0 Å². The molecule has 5 atom stereocenters. The predicted molar refractivity (Wildman–Crippen MR) is 390 cm³/mol. The molecule has 0 aromatic rings. The lowest BCUT2D eigenvalue weighted by molar-refractivity contribution is -0.161. The van der Waals surface area contributed by atoms with Crippen molar-refractivity contribution in [3.8, 4) is 0 Å². The van der Waals surface area contributed by atoms with Gasteiger partial charge in [0.25, 0.3) is 0 Å². The zero-order chi connectivity index (χ0) is 70.4. The largest absolute Gasteiger partial charge is 0.472 e. The van der Waals surface area contributed by atoms with E-state index in [-0.39, 0.29) is 25.7 Å². The third kappa shape index (κ3) is 68.8. The second kappa shape index (κ2) is 69.7. The van der Waals surface area contributed by atoms with Crippen molar-refractivity contribution in [3.63, 3.8) is 0 Å². The van der Waals surface area contributed by atoms with Crippen LogP contribution < -0.4 is 0 Å². The molecule has 96 heavy (non-hydrogen) atoms. The van der Waals surface area contributed by atoms with E-state index in [2.05, 4.69) is 113 Å². The molecule has 0 heterocycles. The molecule has 0 aliphatic carbocycles. The standard InChI is InChI=1S/C77H136O17P2/c1-5-9-13-17-21-25-29-32-34-35-37-40-43-46-50-54-58-62-75(80)87-67-72(93-76(81)63-59-55-51-47-41-28-24-20-16-12-8-4)69-91-95(83,84)89-65-71(78)66-90-96(85,86)92-70-73(94-77(82)64-60-56-52-48-44-38-31-27-23-19-15-11-7-3)68-88-74(79)61-57-53-49-45-42-39-36-33-30-26-22-18-14-10-6-2/h9-10,13-14,21-22,25-26,32-34,36,42,45,71-73,78H,5-8,11-12,15-20,23-24,27-31,35,37-41,43-44,46-70H2,1-4H3,(H,83,84)(H,85,86)/b13-9-,14-10-,25-21-,26-22-,34-32-,36-33-,45-42-. The number of phosphoric ester groups is 2. The number of carbonyl (C=O) groups excluding carboxylic acids is 4. The van der Waals surface area contributed by atoms with E-state index in [0.29, 0.717) is 25.7 Å². The van der Waals surface area contributed by atoms with Gasteiger partial charge in [0.1, 0.15) is 19.3 Å². The Hall–Kier alpha value is -3.76. The van der Waals surface area contributed by atoms with E-state index in [1.54, 1.807) is 0 Å². The Morgan fingerprint density at radius 2 is 0.542 bits per heavy atom. The zero-order valence-electron chi connectivity index (χ0n) is 60.5. The molecule has 0 radical (unpaired) electrons. The minimum Gasteiger partial charge on any atom is -0.462 e. The molecule has 0 saturated carbocycles. The van der Waals surface area contributed by atoms with Gasteiger partial charge in [-0.1, -0.05) is 286 Å². The number of hydrogen-bond donors (Lipinski definition) is 3. The van der Waals surface area contributed by atoms with Crippen LogP contribution in [0.25, 0.3) is 0 Å². The molecule has 0 bridgehead atoms. The summed E-state index contributed by atoms with van der Waals surface area (Å²) in [5.74, 6) is -2.21. The third-order valence-electron chi connectivity index (χ3n) is 15.9. The predicted octanol–water partition coefficient (Wildman–Crippen LogP) is 21.4. The molecule has 0 amide bonds. The van der Waals surface area contributed by atoms with E-state index < -0.39 is 97.5 Å². The smallest absolute Gasteiger partial charge is 0.462 e. The molecule has 0 aromatic heterocycles. The Bertz CT molecular complexity index is 2160. The highest BCUT2D eigenvalue weighted by molar-refractivity contribution is 7.47. The van der Waals surface area contributed by atoms with Gasteiger partial charge in [-0.25, -0.2) is 9.13 Å². The molecule has 0 saturated heterocycles. The lowest BCUT2D eigenvalue weighted by Gasteiger charge is -2.21. The lowest BCUT2D eigenvalue weighted by atomic mass is 10.0. The second-order valence-electron chi connectivity index (χ2n) is 25.2. The van der Waals surface area contributed by atoms with Gasteiger partial charge >= 0.3 is 39.5 Å². The van der Waals surface area contributed by atoms with Gasteiger partial charge in [0.15, 0.2) is 12.2 Å². The van der Waals surface area contributed by atoms with Gasteiger partial charge < -0.3 is 33.8 Å². The zero-order valence-corrected chi connectivity index (χ0v) is 62.3. The first kappa shape index (κ1) is 92.2. The van der Waals surface area contributed by atoms with Crippen molar-refractivity contribution >= 4 is 39.5 Å². The fraction of sp³-hybridized carbons (Fsp3) is 0.766. The van der Waals surface area contributed by atoms with Crippen molar-refractivity contribution in [1.82, 2.24) is 0 Å². The lowest BCUT2D eigenvalue weighted by Crippen LogP contribution is -2.30. The molecule has 556 valence electrons. The van der Waals surface area contributed by atoms with Gasteiger partial charge in [0, 0.05) is 25.7 Å². The first-order valence-electron chi connectivity index (χ1n) is 37.8. The molecule has 19 heteroatoms.